The molecular weight excluding hydrogens is 212 g/mol. The molecule has 0 radical (unpaired) electrons. The van der Waals surface area contributed by atoms with Crippen LogP contribution in [0.4, 0.5) is 4.79 Å². The van der Waals surface area contributed by atoms with Crippen LogP contribution in [0.3, 0.4) is 0 Å². The van der Waals surface area contributed by atoms with Crippen molar-refractivity contribution in [3.05, 3.63) is 0 Å². The Morgan fingerprint density at radius 3 is 2.56 bits per heavy atom. The predicted molar refractivity (Wildman–Crippen MR) is 55.5 cm³/mol. The predicted octanol–water partition coefficient (Wildman–Crippen LogP) is 0.316. The van der Waals surface area contributed by atoms with Gasteiger partial charge in [0.15, 0.2) is 0 Å². The van der Waals surface area contributed by atoms with Crippen molar-refractivity contribution in [2.45, 2.75) is 45.3 Å². The van der Waals surface area contributed by atoms with Gasteiger partial charge < -0.3 is 10.1 Å². The molecule has 0 saturated carbocycles. The highest BCUT2D eigenvalue weighted by Crippen LogP contribution is 2.09. The summed E-state index contributed by atoms with van der Waals surface area (Å²) in [6.45, 7) is 5.20. The molecule has 0 aromatic rings. The van der Waals surface area contributed by atoms with Gasteiger partial charge in [-0.15, -0.1) is 0 Å². The fourth-order valence-corrected chi connectivity index (χ4v) is 1.28. The summed E-state index contributed by atoms with van der Waals surface area (Å²) < 4.78 is 5.00. The maximum Gasteiger partial charge on any atom is 0.408 e. The molecule has 0 aliphatic carbocycles. The summed E-state index contributed by atoms with van der Waals surface area (Å²) in [5.74, 6) is -0.797. The number of amides is 3. The molecule has 2 N–H and O–H groups in total. The normalized spacial score (nSPS) is 21.3. The molecule has 1 heterocycles. The zero-order valence-electron chi connectivity index (χ0n) is 9.62. The van der Waals surface area contributed by atoms with Crippen LogP contribution in [0.1, 0.15) is 33.6 Å². The van der Waals surface area contributed by atoms with E-state index in [2.05, 4.69) is 10.6 Å². The number of hydrogen-bond donors (Lipinski definition) is 2. The number of ether oxygens (including phenoxy) is 1. The van der Waals surface area contributed by atoms with Crippen molar-refractivity contribution < 1.29 is 19.1 Å². The van der Waals surface area contributed by atoms with Crippen LogP contribution in [0.25, 0.3) is 0 Å². The molecule has 0 bridgehead atoms. The van der Waals surface area contributed by atoms with Gasteiger partial charge in [-0.2, -0.15) is 0 Å². The van der Waals surface area contributed by atoms with E-state index in [-0.39, 0.29) is 12.3 Å². The van der Waals surface area contributed by atoms with E-state index in [0.717, 1.165) is 0 Å². The molecule has 16 heavy (non-hydrogen) atoms. The Labute approximate surface area is 93.7 Å². The lowest BCUT2D eigenvalue weighted by atomic mass is 10.1. The first kappa shape index (κ1) is 12.5. The molecule has 1 atom stereocenters. The molecule has 6 heteroatoms. The maximum atomic E-state index is 11.4. The number of imide groups is 1. The molecule has 1 rings (SSSR count). The molecule has 90 valence electrons. The van der Waals surface area contributed by atoms with Crippen molar-refractivity contribution in [2.24, 2.45) is 0 Å². The fourth-order valence-electron chi connectivity index (χ4n) is 1.28. The second-order valence-corrected chi connectivity index (χ2v) is 4.65. The van der Waals surface area contributed by atoms with E-state index in [1.807, 2.05) is 0 Å². The first-order valence-corrected chi connectivity index (χ1v) is 5.11. The van der Waals surface area contributed by atoms with Crippen LogP contribution in [0.15, 0.2) is 0 Å². The lowest BCUT2D eigenvalue weighted by Gasteiger charge is -2.24. The Hall–Kier alpha value is -1.59. The number of carbonyl (C=O) groups is 3. The molecular formula is C10H16N2O4. The smallest absolute Gasteiger partial charge is 0.408 e. The van der Waals surface area contributed by atoms with Crippen LogP contribution >= 0.6 is 0 Å². The van der Waals surface area contributed by atoms with Gasteiger partial charge in [0.25, 0.3) is 0 Å². The zero-order valence-corrected chi connectivity index (χ0v) is 9.62. The van der Waals surface area contributed by atoms with Crippen LogP contribution in [0.5, 0.6) is 0 Å². The molecule has 1 saturated heterocycles. The SMILES string of the molecule is CC(C)(C)OC(=O)N[C@@H]1CCC(=O)NC1=O. The van der Waals surface area contributed by atoms with Crippen molar-refractivity contribution in [2.75, 3.05) is 0 Å². The summed E-state index contributed by atoms with van der Waals surface area (Å²) >= 11 is 0. The van der Waals surface area contributed by atoms with Crippen molar-refractivity contribution in [1.29, 1.82) is 0 Å². The first-order chi connectivity index (χ1) is 7.28. The number of carbonyl (C=O) groups excluding carboxylic acids is 3. The standard InChI is InChI=1S/C10H16N2O4/c1-10(2,3)16-9(15)11-6-4-5-7(13)12-8(6)14/h6H,4-5H2,1-3H3,(H,11,15)(H,12,13,14)/t6-/m1/s1. The van der Waals surface area contributed by atoms with Gasteiger partial charge in [-0.1, -0.05) is 0 Å². The first-order valence-electron chi connectivity index (χ1n) is 5.11. The van der Waals surface area contributed by atoms with Gasteiger partial charge in [-0.05, 0) is 27.2 Å². The van der Waals surface area contributed by atoms with Crippen molar-refractivity contribution in [3.8, 4) is 0 Å². The Morgan fingerprint density at radius 1 is 1.44 bits per heavy atom. The third-order valence-corrected chi connectivity index (χ3v) is 1.93. The van der Waals surface area contributed by atoms with E-state index in [1.54, 1.807) is 20.8 Å². The quantitative estimate of drug-likeness (QED) is 0.633. The molecule has 0 aromatic carbocycles. The number of piperidine rings is 1. The minimum absolute atomic E-state index is 0.228. The minimum atomic E-state index is -0.687. The Balaban J connectivity index is 2.45. The number of rotatable bonds is 1. The molecule has 1 aliphatic rings. The highest BCUT2D eigenvalue weighted by Gasteiger charge is 2.29. The number of hydrogen-bond acceptors (Lipinski definition) is 4. The maximum absolute atomic E-state index is 11.4. The van der Waals surface area contributed by atoms with Crippen LogP contribution in [-0.2, 0) is 14.3 Å². The van der Waals surface area contributed by atoms with Gasteiger partial charge in [0.1, 0.15) is 11.6 Å². The summed E-state index contributed by atoms with van der Waals surface area (Å²) in [5.41, 5.74) is -0.606. The molecule has 0 aromatic heterocycles. The molecule has 1 aliphatic heterocycles. The summed E-state index contributed by atoms with van der Waals surface area (Å²) in [5, 5.41) is 4.57. The second kappa shape index (κ2) is 4.51. The van der Waals surface area contributed by atoms with Gasteiger partial charge in [-0.3, -0.25) is 14.9 Å². The van der Waals surface area contributed by atoms with E-state index < -0.39 is 23.6 Å². The molecule has 0 unspecified atom stereocenters. The monoisotopic (exact) mass is 228 g/mol. The molecule has 3 amide bonds. The van der Waals surface area contributed by atoms with Gasteiger partial charge in [0.05, 0.1) is 0 Å². The highest BCUT2D eigenvalue weighted by molar-refractivity contribution is 6.01. The Bertz CT molecular complexity index is 319. The van der Waals surface area contributed by atoms with Gasteiger partial charge in [0, 0.05) is 6.42 Å². The van der Waals surface area contributed by atoms with Crippen LogP contribution in [0.2, 0.25) is 0 Å². The average Bonchev–Trinajstić information content (AvgIpc) is 2.06. The molecule has 6 nitrogen and oxygen atoms in total. The van der Waals surface area contributed by atoms with Crippen LogP contribution in [0, 0.1) is 0 Å². The van der Waals surface area contributed by atoms with Crippen molar-refractivity contribution in [1.82, 2.24) is 10.6 Å². The third kappa shape index (κ3) is 3.88. The van der Waals surface area contributed by atoms with E-state index in [0.29, 0.717) is 6.42 Å². The summed E-state index contributed by atoms with van der Waals surface area (Å²) in [7, 11) is 0. The fraction of sp³-hybridized carbons (Fsp3) is 0.700. The summed E-state index contributed by atoms with van der Waals surface area (Å²) in [6.07, 6.45) is -0.113. The van der Waals surface area contributed by atoms with Crippen LogP contribution in [-0.4, -0.2) is 29.6 Å². The zero-order chi connectivity index (χ0) is 12.3. The second-order valence-electron chi connectivity index (χ2n) is 4.65. The van der Waals surface area contributed by atoms with Gasteiger partial charge in [-0.25, -0.2) is 4.79 Å². The van der Waals surface area contributed by atoms with Gasteiger partial charge >= 0.3 is 6.09 Å². The minimum Gasteiger partial charge on any atom is -0.444 e. The largest absolute Gasteiger partial charge is 0.444 e. The van der Waals surface area contributed by atoms with Crippen molar-refractivity contribution in [3.63, 3.8) is 0 Å². The van der Waals surface area contributed by atoms with Gasteiger partial charge in [0.2, 0.25) is 11.8 Å². The Morgan fingerprint density at radius 2 is 2.06 bits per heavy atom. The van der Waals surface area contributed by atoms with E-state index in [1.165, 1.54) is 0 Å². The van der Waals surface area contributed by atoms with Crippen LogP contribution < -0.4 is 10.6 Å². The van der Waals surface area contributed by atoms with Crippen molar-refractivity contribution >= 4 is 17.9 Å². The summed E-state index contributed by atoms with van der Waals surface area (Å²) in [4.78, 5) is 33.5. The number of alkyl carbamates (subject to hydrolysis) is 1. The third-order valence-electron chi connectivity index (χ3n) is 1.93. The number of nitrogens with one attached hydrogen (secondary N) is 2. The molecule has 1 fully saturated rings. The highest BCUT2D eigenvalue weighted by atomic mass is 16.6. The Kier molecular flexibility index (Phi) is 3.51. The van der Waals surface area contributed by atoms with E-state index in [9.17, 15) is 14.4 Å². The topological polar surface area (TPSA) is 84.5 Å². The van der Waals surface area contributed by atoms with E-state index in [4.69, 9.17) is 4.74 Å². The summed E-state index contributed by atoms with van der Waals surface area (Å²) in [6, 6.07) is -0.687. The molecule has 0 spiro atoms. The lowest BCUT2D eigenvalue weighted by Crippen LogP contribution is -2.53. The lowest BCUT2D eigenvalue weighted by molar-refractivity contribution is -0.134. The average molecular weight is 228 g/mol. The van der Waals surface area contributed by atoms with E-state index >= 15 is 0 Å².